The van der Waals surface area contributed by atoms with Crippen LogP contribution in [0.1, 0.15) is 12.0 Å². The van der Waals surface area contributed by atoms with E-state index < -0.39 is 0 Å². The molecule has 1 saturated heterocycles. The average molecular weight is 421 g/mol. The smallest absolute Gasteiger partial charge is 0.234 e. The minimum absolute atomic E-state index is 0.0117. The largest absolute Gasteiger partial charge is 0.278 e. The molecule has 7 heteroatoms. The number of imide groups is 1. The van der Waals surface area contributed by atoms with Gasteiger partial charge in [-0.05, 0) is 36.0 Å². The first kappa shape index (κ1) is 17.8. The van der Waals surface area contributed by atoms with E-state index in [1.807, 2.05) is 48.5 Å². The van der Waals surface area contributed by atoms with Gasteiger partial charge in [0.2, 0.25) is 11.8 Å². The summed E-state index contributed by atoms with van der Waals surface area (Å²) in [5.74, 6) is 0.760. The fourth-order valence-corrected chi connectivity index (χ4v) is 5.66. The van der Waals surface area contributed by atoms with Gasteiger partial charge in [-0.1, -0.05) is 48.6 Å². The lowest BCUT2D eigenvalue weighted by molar-refractivity contribution is -0.141. The van der Waals surface area contributed by atoms with Crippen molar-refractivity contribution in [1.82, 2.24) is 24.5 Å². The highest BCUT2D eigenvalue weighted by molar-refractivity contribution is 6.06. The molecule has 2 aliphatic carbocycles. The molecule has 3 aliphatic rings. The molecule has 4 aromatic rings. The number of nitrogens with zero attached hydrogens (tertiary/aromatic N) is 5. The summed E-state index contributed by atoms with van der Waals surface area (Å²) in [5.41, 5.74) is 3.44. The van der Waals surface area contributed by atoms with Crippen LogP contribution in [0.5, 0.6) is 0 Å². The molecule has 7 nitrogen and oxygen atoms in total. The van der Waals surface area contributed by atoms with Crippen LogP contribution < -0.4 is 0 Å². The number of allylic oxidation sites excluding steroid dienone is 2. The number of fused-ring (bicyclic) bond motifs is 8. The van der Waals surface area contributed by atoms with Crippen LogP contribution in [0.25, 0.3) is 27.9 Å². The number of carbonyl (C=O) groups excluding carboxylic acids is 2. The van der Waals surface area contributed by atoms with Crippen LogP contribution in [0, 0.1) is 23.7 Å². The van der Waals surface area contributed by atoms with Crippen molar-refractivity contribution in [2.45, 2.75) is 13.0 Å². The number of amides is 2. The highest BCUT2D eigenvalue weighted by Crippen LogP contribution is 2.52. The summed E-state index contributed by atoms with van der Waals surface area (Å²) in [6, 6.07) is 15.6. The van der Waals surface area contributed by atoms with Crippen molar-refractivity contribution >= 4 is 28.4 Å². The lowest BCUT2D eigenvalue weighted by Crippen LogP contribution is -2.32. The Morgan fingerprint density at radius 3 is 2.38 bits per heavy atom. The average Bonchev–Trinajstić information content (AvgIpc) is 3.59. The predicted molar refractivity (Wildman–Crippen MR) is 117 cm³/mol. The number of carbonyl (C=O) groups is 2. The molecule has 32 heavy (non-hydrogen) atoms. The summed E-state index contributed by atoms with van der Waals surface area (Å²) in [4.78, 5) is 36.5. The van der Waals surface area contributed by atoms with Gasteiger partial charge in [-0.25, -0.2) is 14.5 Å². The Kier molecular flexibility index (Phi) is 3.51. The third-order valence-corrected chi connectivity index (χ3v) is 7.20. The van der Waals surface area contributed by atoms with Gasteiger partial charge < -0.3 is 0 Å². The maximum atomic E-state index is 12.9. The van der Waals surface area contributed by atoms with Gasteiger partial charge >= 0.3 is 0 Å². The van der Waals surface area contributed by atoms with Crippen molar-refractivity contribution in [2.75, 3.05) is 0 Å². The van der Waals surface area contributed by atoms with Crippen LogP contribution in [0.2, 0.25) is 0 Å². The summed E-state index contributed by atoms with van der Waals surface area (Å²) in [5, 5.41) is 5.52. The molecule has 156 valence electrons. The SMILES string of the molecule is O=C1C2C3C=CC(C3)C2C(=O)N1Cc1ccc(-c2nc3c4ccccc4ncn3n2)cc1. The maximum Gasteiger partial charge on any atom is 0.234 e. The maximum absolute atomic E-state index is 12.9. The van der Waals surface area contributed by atoms with Crippen LogP contribution >= 0.6 is 0 Å². The van der Waals surface area contributed by atoms with Gasteiger partial charge in [0, 0.05) is 10.9 Å². The summed E-state index contributed by atoms with van der Waals surface area (Å²) >= 11 is 0. The molecule has 3 heterocycles. The van der Waals surface area contributed by atoms with E-state index in [0.717, 1.165) is 34.1 Å². The molecule has 1 saturated carbocycles. The number of hydrogen-bond acceptors (Lipinski definition) is 5. The lowest BCUT2D eigenvalue weighted by atomic mass is 9.85. The Balaban J connectivity index is 1.16. The van der Waals surface area contributed by atoms with Gasteiger partial charge in [-0.3, -0.25) is 14.5 Å². The predicted octanol–water partition coefficient (Wildman–Crippen LogP) is 3.25. The number of benzene rings is 2. The Morgan fingerprint density at radius 1 is 0.906 bits per heavy atom. The van der Waals surface area contributed by atoms with E-state index in [-0.39, 0.29) is 35.5 Å². The molecule has 4 unspecified atom stereocenters. The van der Waals surface area contributed by atoms with Gasteiger partial charge in [0.05, 0.1) is 23.9 Å². The molecule has 2 aromatic heterocycles. The van der Waals surface area contributed by atoms with Crippen molar-refractivity contribution in [3.05, 3.63) is 72.6 Å². The minimum Gasteiger partial charge on any atom is -0.278 e. The summed E-state index contributed by atoms with van der Waals surface area (Å²) in [6.07, 6.45) is 6.87. The van der Waals surface area contributed by atoms with E-state index in [1.54, 1.807) is 10.8 Å². The normalized spacial score (nSPS) is 26.1. The van der Waals surface area contributed by atoms with Crippen molar-refractivity contribution in [3.63, 3.8) is 0 Å². The van der Waals surface area contributed by atoms with Crippen molar-refractivity contribution in [3.8, 4) is 11.4 Å². The molecule has 7 rings (SSSR count). The first-order chi connectivity index (χ1) is 15.7. The van der Waals surface area contributed by atoms with Crippen LogP contribution in [0.4, 0.5) is 0 Å². The Labute approximate surface area is 183 Å². The zero-order valence-electron chi connectivity index (χ0n) is 17.1. The number of rotatable bonds is 3. The van der Waals surface area contributed by atoms with Gasteiger partial charge in [0.15, 0.2) is 11.5 Å². The quantitative estimate of drug-likeness (QED) is 0.375. The number of aromatic nitrogens is 4. The van der Waals surface area contributed by atoms with Gasteiger partial charge in [0.25, 0.3) is 0 Å². The van der Waals surface area contributed by atoms with Crippen molar-refractivity contribution in [2.24, 2.45) is 23.7 Å². The molecule has 0 spiro atoms. The van der Waals surface area contributed by atoms with E-state index in [1.165, 1.54) is 4.90 Å². The second-order valence-corrected chi connectivity index (χ2v) is 8.92. The van der Waals surface area contributed by atoms with Gasteiger partial charge in [0.1, 0.15) is 6.33 Å². The first-order valence-electron chi connectivity index (χ1n) is 10.9. The zero-order chi connectivity index (χ0) is 21.4. The molecule has 4 atom stereocenters. The van der Waals surface area contributed by atoms with Crippen LogP contribution in [0.15, 0.2) is 67.0 Å². The molecular weight excluding hydrogens is 402 g/mol. The number of para-hydroxylation sites is 1. The summed E-state index contributed by atoms with van der Waals surface area (Å²) < 4.78 is 1.69. The second kappa shape index (κ2) is 6.32. The monoisotopic (exact) mass is 421 g/mol. The van der Waals surface area contributed by atoms with Crippen molar-refractivity contribution < 1.29 is 9.59 Å². The summed E-state index contributed by atoms with van der Waals surface area (Å²) in [7, 11) is 0. The summed E-state index contributed by atoms with van der Waals surface area (Å²) in [6.45, 7) is 0.317. The molecule has 0 radical (unpaired) electrons. The van der Waals surface area contributed by atoms with Crippen LogP contribution in [-0.4, -0.2) is 36.3 Å². The molecule has 1 aliphatic heterocycles. The Morgan fingerprint density at radius 2 is 1.62 bits per heavy atom. The van der Waals surface area contributed by atoms with Crippen LogP contribution in [-0.2, 0) is 16.1 Å². The lowest BCUT2D eigenvalue weighted by Gasteiger charge is -2.17. The van der Waals surface area contributed by atoms with Crippen LogP contribution in [0.3, 0.4) is 0 Å². The molecule has 2 aromatic carbocycles. The third kappa shape index (κ3) is 2.39. The van der Waals surface area contributed by atoms with E-state index in [9.17, 15) is 9.59 Å². The molecule has 2 bridgehead atoms. The fraction of sp³-hybridized carbons (Fsp3) is 0.240. The van der Waals surface area contributed by atoms with Gasteiger partial charge in [-0.15, -0.1) is 5.10 Å². The highest BCUT2D eigenvalue weighted by atomic mass is 16.2. The minimum atomic E-state index is -0.151. The topological polar surface area (TPSA) is 80.5 Å². The third-order valence-electron chi connectivity index (χ3n) is 7.20. The van der Waals surface area contributed by atoms with Crippen molar-refractivity contribution in [1.29, 1.82) is 0 Å². The number of likely N-dealkylation sites (tertiary alicyclic amines) is 1. The highest BCUT2D eigenvalue weighted by Gasteiger charge is 2.59. The standard InChI is InChI=1S/C25H19N5O2/c31-24-20-16-9-10-17(11-16)21(20)25(32)29(24)12-14-5-7-15(8-6-14)22-27-23-18-3-1-2-4-19(18)26-13-30(23)28-22/h1-10,13,16-17,20-21H,11-12H2. The molecule has 2 amide bonds. The Bertz CT molecular complexity index is 1420. The molecular formula is C25H19N5O2. The van der Waals surface area contributed by atoms with E-state index in [4.69, 9.17) is 4.98 Å². The Hall–Kier alpha value is -3.87. The number of hydrogen-bond donors (Lipinski definition) is 0. The zero-order valence-corrected chi connectivity index (χ0v) is 17.1. The first-order valence-corrected chi connectivity index (χ1v) is 10.9. The molecule has 0 N–H and O–H groups in total. The van der Waals surface area contributed by atoms with E-state index in [0.29, 0.717) is 12.4 Å². The van der Waals surface area contributed by atoms with E-state index >= 15 is 0 Å². The second-order valence-electron chi connectivity index (χ2n) is 8.92. The fourth-order valence-electron chi connectivity index (χ4n) is 5.66. The van der Waals surface area contributed by atoms with E-state index in [2.05, 4.69) is 22.2 Å². The van der Waals surface area contributed by atoms with Gasteiger partial charge in [-0.2, -0.15) is 0 Å². The molecule has 2 fully saturated rings.